The number of nitrogens with one attached hydrogen (secondary N) is 1. The highest BCUT2D eigenvalue weighted by molar-refractivity contribution is 5.80. The molecule has 0 spiro atoms. The van der Waals surface area contributed by atoms with Gasteiger partial charge in [-0.1, -0.05) is 37.6 Å². The number of piperidine rings is 1. The third-order valence-electron chi connectivity index (χ3n) is 6.29. The number of hydrogen-bond donors (Lipinski definition) is 1. The van der Waals surface area contributed by atoms with Crippen molar-refractivity contribution in [1.82, 2.24) is 10.2 Å². The summed E-state index contributed by atoms with van der Waals surface area (Å²) in [5.41, 5.74) is 3.83. The maximum Gasteiger partial charge on any atom is 0.336 e. The van der Waals surface area contributed by atoms with Crippen molar-refractivity contribution in [3.63, 3.8) is 0 Å². The van der Waals surface area contributed by atoms with Gasteiger partial charge in [-0.15, -0.1) is 0 Å². The first kappa shape index (κ1) is 21.6. The molecule has 31 heavy (non-hydrogen) atoms. The van der Waals surface area contributed by atoms with Gasteiger partial charge in [0.25, 0.3) is 0 Å². The molecule has 0 bridgehead atoms. The Morgan fingerprint density at radius 3 is 2.55 bits per heavy atom. The van der Waals surface area contributed by atoms with E-state index in [1.54, 1.807) is 13.2 Å². The first-order valence-corrected chi connectivity index (χ1v) is 11.3. The van der Waals surface area contributed by atoms with E-state index in [0.717, 1.165) is 42.8 Å². The number of likely N-dealkylation sites (tertiary alicyclic amines) is 1. The molecule has 164 valence electrons. The zero-order chi connectivity index (χ0) is 21.6. The van der Waals surface area contributed by atoms with E-state index in [9.17, 15) is 4.79 Å². The van der Waals surface area contributed by atoms with Crippen molar-refractivity contribution in [2.24, 2.45) is 0 Å². The Balaban J connectivity index is 1.52. The Morgan fingerprint density at radius 2 is 1.84 bits per heavy atom. The fourth-order valence-electron chi connectivity index (χ4n) is 4.50. The van der Waals surface area contributed by atoms with Crippen LogP contribution in [0.1, 0.15) is 48.9 Å². The molecule has 1 aliphatic heterocycles. The molecule has 1 N–H and O–H groups in total. The molecule has 4 rings (SSSR count). The van der Waals surface area contributed by atoms with Crippen LogP contribution < -0.4 is 15.7 Å². The van der Waals surface area contributed by atoms with Gasteiger partial charge in [-0.2, -0.15) is 0 Å². The topological polar surface area (TPSA) is 54.7 Å². The molecule has 1 saturated heterocycles. The lowest BCUT2D eigenvalue weighted by Gasteiger charge is -2.35. The predicted molar refractivity (Wildman–Crippen MR) is 125 cm³/mol. The van der Waals surface area contributed by atoms with E-state index in [0.29, 0.717) is 18.2 Å². The van der Waals surface area contributed by atoms with Gasteiger partial charge < -0.3 is 14.5 Å². The highest BCUT2D eigenvalue weighted by Crippen LogP contribution is 2.26. The van der Waals surface area contributed by atoms with E-state index in [2.05, 4.69) is 41.4 Å². The van der Waals surface area contributed by atoms with E-state index in [1.165, 1.54) is 30.4 Å². The lowest BCUT2D eigenvalue weighted by Crippen LogP contribution is -2.39. The highest BCUT2D eigenvalue weighted by Gasteiger charge is 2.22. The molecular weight excluding hydrogens is 388 g/mol. The first-order chi connectivity index (χ1) is 15.2. The Bertz CT molecular complexity index is 1050. The maximum absolute atomic E-state index is 12.1. The largest absolute Gasteiger partial charge is 0.497 e. The van der Waals surface area contributed by atoms with Crippen LogP contribution in [-0.4, -0.2) is 31.6 Å². The lowest BCUT2D eigenvalue weighted by atomic mass is 10.0. The van der Waals surface area contributed by atoms with Gasteiger partial charge in [0.1, 0.15) is 11.3 Å². The molecule has 5 nitrogen and oxygen atoms in total. The highest BCUT2D eigenvalue weighted by atomic mass is 16.5. The summed E-state index contributed by atoms with van der Waals surface area (Å²) in [5.74, 6) is 0.878. The third kappa shape index (κ3) is 5.17. The smallest absolute Gasteiger partial charge is 0.336 e. The molecule has 0 radical (unpaired) electrons. The average molecular weight is 421 g/mol. The van der Waals surface area contributed by atoms with Gasteiger partial charge in [-0.25, -0.2) is 4.79 Å². The summed E-state index contributed by atoms with van der Waals surface area (Å²) in [6.45, 7) is 5.80. The average Bonchev–Trinajstić information content (AvgIpc) is 2.82. The van der Waals surface area contributed by atoms with Crippen LogP contribution >= 0.6 is 0 Å². The second kappa shape index (κ2) is 10.1. The van der Waals surface area contributed by atoms with E-state index >= 15 is 0 Å². The van der Waals surface area contributed by atoms with Crippen LogP contribution in [-0.2, 0) is 13.0 Å². The zero-order valence-corrected chi connectivity index (χ0v) is 18.5. The summed E-state index contributed by atoms with van der Waals surface area (Å²) < 4.78 is 10.8. The minimum atomic E-state index is -0.291. The molecule has 1 atom stereocenters. The van der Waals surface area contributed by atoms with Crippen molar-refractivity contribution in [3.8, 4) is 5.75 Å². The van der Waals surface area contributed by atoms with E-state index in [4.69, 9.17) is 9.15 Å². The summed E-state index contributed by atoms with van der Waals surface area (Å²) in [6, 6.07) is 16.5. The number of nitrogens with zero attached hydrogens (tertiary/aromatic N) is 1. The molecule has 2 aromatic carbocycles. The SMILES string of the molecule is CCc1ccc2c(CNC[C@@H](c3ccc(OC)cc3)N3CCCCC3)cc(=O)oc2c1. The first-order valence-electron chi connectivity index (χ1n) is 11.3. The van der Waals surface area contributed by atoms with Crippen molar-refractivity contribution in [1.29, 1.82) is 0 Å². The summed E-state index contributed by atoms with van der Waals surface area (Å²) >= 11 is 0. The third-order valence-corrected chi connectivity index (χ3v) is 6.29. The predicted octanol–water partition coefficient (Wildman–Crippen LogP) is 4.68. The van der Waals surface area contributed by atoms with Crippen molar-refractivity contribution in [3.05, 3.63) is 75.6 Å². The molecule has 1 aliphatic rings. The van der Waals surface area contributed by atoms with Crippen LogP contribution in [0, 0.1) is 0 Å². The van der Waals surface area contributed by atoms with Gasteiger partial charge in [0.2, 0.25) is 0 Å². The van der Waals surface area contributed by atoms with Crippen LogP contribution in [0.25, 0.3) is 11.0 Å². The normalized spacial score (nSPS) is 15.8. The number of ether oxygens (including phenoxy) is 1. The fraction of sp³-hybridized carbons (Fsp3) is 0.423. The van der Waals surface area contributed by atoms with E-state index in [-0.39, 0.29) is 5.63 Å². The lowest BCUT2D eigenvalue weighted by molar-refractivity contribution is 0.160. The number of benzene rings is 2. The Labute approximate surface area is 184 Å². The molecule has 5 heteroatoms. The molecule has 0 aliphatic carbocycles. The molecular formula is C26H32N2O3. The Kier molecular flexibility index (Phi) is 7.05. The minimum Gasteiger partial charge on any atom is -0.497 e. The second-order valence-electron chi connectivity index (χ2n) is 8.29. The van der Waals surface area contributed by atoms with Crippen molar-refractivity contribution >= 4 is 11.0 Å². The summed E-state index contributed by atoms with van der Waals surface area (Å²) in [7, 11) is 1.70. The van der Waals surface area contributed by atoms with E-state index in [1.807, 2.05) is 18.2 Å². The second-order valence-corrected chi connectivity index (χ2v) is 8.29. The fourth-order valence-corrected chi connectivity index (χ4v) is 4.50. The van der Waals surface area contributed by atoms with Crippen molar-refractivity contribution < 1.29 is 9.15 Å². The molecule has 0 saturated carbocycles. The standard InChI is InChI=1S/C26H32N2O3/c1-3-19-7-12-23-21(16-26(29)31-25(23)15-19)17-27-18-24(28-13-5-4-6-14-28)20-8-10-22(30-2)11-9-20/h7-12,15-16,24,27H,3-6,13-14,17-18H2,1-2H3/t24-/m0/s1. The van der Waals surface area contributed by atoms with Gasteiger partial charge in [-0.3, -0.25) is 4.90 Å². The van der Waals surface area contributed by atoms with Gasteiger partial charge >= 0.3 is 5.63 Å². The number of methoxy groups -OCH3 is 1. The van der Waals surface area contributed by atoms with Crippen molar-refractivity contribution in [2.45, 2.75) is 45.2 Å². The van der Waals surface area contributed by atoms with Gasteiger partial charge in [0.05, 0.1) is 7.11 Å². The molecule has 1 fully saturated rings. The quantitative estimate of drug-likeness (QED) is 0.536. The molecule has 0 amide bonds. The zero-order valence-electron chi connectivity index (χ0n) is 18.5. The maximum atomic E-state index is 12.1. The van der Waals surface area contributed by atoms with Crippen LogP contribution in [0.3, 0.4) is 0 Å². The van der Waals surface area contributed by atoms with Crippen LogP contribution in [0.5, 0.6) is 5.75 Å². The van der Waals surface area contributed by atoms with Crippen molar-refractivity contribution in [2.75, 3.05) is 26.7 Å². The summed E-state index contributed by atoms with van der Waals surface area (Å²) in [4.78, 5) is 14.7. The number of fused-ring (bicyclic) bond motifs is 1. The van der Waals surface area contributed by atoms with Crippen LogP contribution in [0.15, 0.2) is 57.7 Å². The monoisotopic (exact) mass is 420 g/mol. The van der Waals surface area contributed by atoms with Crippen LogP contribution in [0.4, 0.5) is 0 Å². The van der Waals surface area contributed by atoms with Gasteiger partial charge in [-0.05, 0) is 67.2 Å². The molecule has 1 aromatic heterocycles. The Hall–Kier alpha value is -2.63. The summed E-state index contributed by atoms with van der Waals surface area (Å²) in [5, 5.41) is 4.62. The minimum absolute atomic E-state index is 0.291. The molecule has 2 heterocycles. The molecule has 3 aromatic rings. The number of hydrogen-bond acceptors (Lipinski definition) is 5. The molecule has 0 unspecified atom stereocenters. The number of aryl methyl sites for hydroxylation is 1. The van der Waals surface area contributed by atoms with Gasteiger partial charge in [0.15, 0.2) is 0 Å². The summed E-state index contributed by atoms with van der Waals surface area (Å²) in [6.07, 6.45) is 4.72. The van der Waals surface area contributed by atoms with Crippen LogP contribution in [0.2, 0.25) is 0 Å². The van der Waals surface area contributed by atoms with Gasteiger partial charge in [0, 0.05) is 30.6 Å². The number of rotatable bonds is 8. The van der Waals surface area contributed by atoms with E-state index < -0.39 is 0 Å². The Morgan fingerprint density at radius 1 is 1.06 bits per heavy atom.